The zero-order valence-corrected chi connectivity index (χ0v) is 13.9. The third-order valence-corrected chi connectivity index (χ3v) is 5.18. The van der Waals surface area contributed by atoms with E-state index in [2.05, 4.69) is 51.8 Å². The molecule has 4 unspecified atom stereocenters. The average molecular weight is 266 g/mol. The second kappa shape index (κ2) is 5.73. The molecule has 2 aliphatic rings. The lowest BCUT2D eigenvalue weighted by Crippen LogP contribution is -2.62. The number of rotatable bonds is 4. The summed E-state index contributed by atoms with van der Waals surface area (Å²) in [5, 5.41) is 3.81. The third-order valence-electron chi connectivity index (χ3n) is 5.18. The van der Waals surface area contributed by atoms with Crippen LogP contribution in [-0.4, -0.2) is 36.1 Å². The second-order valence-corrected chi connectivity index (χ2v) is 8.19. The molecule has 2 rings (SSSR count). The van der Waals surface area contributed by atoms with E-state index in [0.29, 0.717) is 11.5 Å². The Hall–Kier alpha value is -0.0800. The molecule has 2 fully saturated rings. The van der Waals surface area contributed by atoms with Crippen molar-refractivity contribution in [2.45, 2.75) is 78.9 Å². The van der Waals surface area contributed by atoms with Gasteiger partial charge in [0.2, 0.25) is 0 Å². The van der Waals surface area contributed by atoms with Crippen molar-refractivity contribution in [1.29, 1.82) is 0 Å². The zero-order chi connectivity index (χ0) is 14.2. The summed E-state index contributed by atoms with van der Waals surface area (Å²) < 4.78 is 0. The van der Waals surface area contributed by atoms with Crippen LogP contribution < -0.4 is 5.32 Å². The topological polar surface area (TPSA) is 15.3 Å². The van der Waals surface area contributed by atoms with Gasteiger partial charge in [0.15, 0.2) is 0 Å². The van der Waals surface area contributed by atoms with Gasteiger partial charge in [-0.15, -0.1) is 0 Å². The standard InChI is InChI=1S/C17H34N2/c1-7-8-13-9-14(13)19-11-16(17(4,5)6)18-10-15(19)12(2)3/h12-16,18H,7-11H2,1-6H3. The van der Waals surface area contributed by atoms with Crippen LogP contribution in [0.25, 0.3) is 0 Å². The molecule has 2 nitrogen and oxygen atoms in total. The Morgan fingerprint density at radius 2 is 1.95 bits per heavy atom. The van der Waals surface area contributed by atoms with Crippen LogP contribution in [0, 0.1) is 17.3 Å². The summed E-state index contributed by atoms with van der Waals surface area (Å²) in [5.41, 5.74) is 0.370. The Morgan fingerprint density at radius 1 is 1.26 bits per heavy atom. The fourth-order valence-corrected chi connectivity index (χ4v) is 3.69. The first-order chi connectivity index (χ1) is 8.84. The van der Waals surface area contributed by atoms with Crippen LogP contribution in [0.2, 0.25) is 0 Å². The molecule has 0 bridgehead atoms. The largest absolute Gasteiger partial charge is 0.311 e. The van der Waals surface area contributed by atoms with Crippen LogP contribution in [0.3, 0.4) is 0 Å². The smallest absolute Gasteiger partial charge is 0.0247 e. The lowest BCUT2D eigenvalue weighted by Gasteiger charge is -2.47. The summed E-state index contributed by atoms with van der Waals surface area (Å²) in [6.07, 6.45) is 4.23. The van der Waals surface area contributed by atoms with Crippen molar-refractivity contribution in [3.8, 4) is 0 Å². The van der Waals surface area contributed by atoms with Gasteiger partial charge in [-0.1, -0.05) is 48.0 Å². The number of hydrogen-bond donors (Lipinski definition) is 1. The molecule has 0 spiro atoms. The second-order valence-electron chi connectivity index (χ2n) is 8.19. The van der Waals surface area contributed by atoms with Gasteiger partial charge >= 0.3 is 0 Å². The van der Waals surface area contributed by atoms with Gasteiger partial charge in [-0.3, -0.25) is 4.90 Å². The van der Waals surface area contributed by atoms with Gasteiger partial charge in [0, 0.05) is 31.2 Å². The maximum absolute atomic E-state index is 3.81. The van der Waals surface area contributed by atoms with Gasteiger partial charge in [-0.05, 0) is 30.1 Å². The predicted molar refractivity (Wildman–Crippen MR) is 83.4 cm³/mol. The van der Waals surface area contributed by atoms with Crippen molar-refractivity contribution in [3.05, 3.63) is 0 Å². The fourth-order valence-electron chi connectivity index (χ4n) is 3.69. The first kappa shape index (κ1) is 15.3. The van der Waals surface area contributed by atoms with Crippen LogP contribution in [0.5, 0.6) is 0 Å². The van der Waals surface area contributed by atoms with E-state index in [0.717, 1.165) is 23.9 Å². The van der Waals surface area contributed by atoms with E-state index in [1.165, 1.54) is 32.4 Å². The van der Waals surface area contributed by atoms with Gasteiger partial charge in [0.05, 0.1) is 0 Å². The monoisotopic (exact) mass is 266 g/mol. The molecule has 0 radical (unpaired) electrons. The number of nitrogens with one attached hydrogen (secondary N) is 1. The van der Waals surface area contributed by atoms with E-state index in [1.54, 1.807) is 0 Å². The van der Waals surface area contributed by atoms with E-state index >= 15 is 0 Å². The molecule has 19 heavy (non-hydrogen) atoms. The van der Waals surface area contributed by atoms with Crippen LogP contribution in [0.4, 0.5) is 0 Å². The molecule has 0 aromatic rings. The van der Waals surface area contributed by atoms with Crippen LogP contribution in [0.15, 0.2) is 0 Å². The molecule has 1 aliphatic carbocycles. The Labute approximate surface area is 120 Å². The Morgan fingerprint density at radius 3 is 2.47 bits per heavy atom. The lowest BCUT2D eigenvalue weighted by molar-refractivity contribution is 0.0524. The first-order valence-corrected chi connectivity index (χ1v) is 8.33. The van der Waals surface area contributed by atoms with E-state index in [9.17, 15) is 0 Å². The van der Waals surface area contributed by atoms with E-state index < -0.39 is 0 Å². The van der Waals surface area contributed by atoms with Gasteiger partial charge in [0.1, 0.15) is 0 Å². The fraction of sp³-hybridized carbons (Fsp3) is 1.00. The third kappa shape index (κ3) is 3.52. The molecule has 1 N–H and O–H groups in total. The van der Waals surface area contributed by atoms with E-state index in [4.69, 9.17) is 0 Å². The molecule has 4 atom stereocenters. The minimum Gasteiger partial charge on any atom is -0.311 e. The van der Waals surface area contributed by atoms with Crippen LogP contribution in [-0.2, 0) is 0 Å². The minimum atomic E-state index is 0.370. The average Bonchev–Trinajstić information content (AvgIpc) is 3.07. The Kier molecular flexibility index (Phi) is 4.62. The maximum Gasteiger partial charge on any atom is 0.0247 e. The molecule has 1 saturated carbocycles. The Balaban J connectivity index is 2.02. The summed E-state index contributed by atoms with van der Waals surface area (Å²) in [7, 11) is 0. The summed E-state index contributed by atoms with van der Waals surface area (Å²) >= 11 is 0. The van der Waals surface area contributed by atoms with Crippen molar-refractivity contribution in [2.24, 2.45) is 17.3 Å². The van der Waals surface area contributed by atoms with Crippen LogP contribution >= 0.6 is 0 Å². The molecular weight excluding hydrogens is 232 g/mol. The molecule has 2 heteroatoms. The van der Waals surface area contributed by atoms with Gasteiger partial charge < -0.3 is 5.32 Å². The number of hydrogen-bond acceptors (Lipinski definition) is 2. The maximum atomic E-state index is 3.81. The molecular formula is C17H34N2. The van der Waals surface area contributed by atoms with Crippen molar-refractivity contribution in [2.75, 3.05) is 13.1 Å². The molecule has 112 valence electrons. The highest BCUT2D eigenvalue weighted by atomic mass is 15.3. The molecule has 1 aliphatic heterocycles. The van der Waals surface area contributed by atoms with Crippen molar-refractivity contribution < 1.29 is 0 Å². The quantitative estimate of drug-likeness (QED) is 0.837. The first-order valence-electron chi connectivity index (χ1n) is 8.33. The Bertz CT molecular complexity index is 292. The van der Waals surface area contributed by atoms with Crippen LogP contribution in [0.1, 0.15) is 60.8 Å². The van der Waals surface area contributed by atoms with Crippen molar-refractivity contribution in [3.63, 3.8) is 0 Å². The van der Waals surface area contributed by atoms with Gasteiger partial charge in [0.25, 0.3) is 0 Å². The SMILES string of the molecule is CCCC1CC1N1CC(C(C)(C)C)NCC1C(C)C. The van der Waals surface area contributed by atoms with E-state index in [1.807, 2.05) is 0 Å². The molecule has 0 amide bonds. The summed E-state index contributed by atoms with van der Waals surface area (Å²) in [5.74, 6) is 1.75. The molecule has 0 aromatic heterocycles. The highest BCUT2D eigenvalue weighted by Gasteiger charge is 2.47. The van der Waals surface area contributed by atoms with Crippen molar-refractivity contribution in [1.82, 2.24) is 10.2 Å². The lowest BCUT2D eigenvalue weighted by atomic mass is 9.83. The van der Waals surface area contributed by atoms with E-state index in [-0.39, 0.29) is 0 Å². The summed E-state index contributed by atoms with van der Waals surface area (Å²) in [6, 6.07) is 2.27. The number of nitrogens with zero attached hydrogens (tertiary/aromatic N) is 1. The molecule has 1 heterocycles. The summed E-state index contributed by atoms with van der Waals surface area (Å²) in [4.78, 5) is 2.86. The molecule has 0 aromatic carbocycles. The normalized spacial score (nSPS) is 36.8. The van der Waals surface area contributed by atoms with Gasteiger partial charge in [-0.25, -0.2) is 0 Å². The summed E-state index contributed by atoms with van der Waals surface area (Å²) in [6.45, 7) is 16.6. The molecule has 1 saturated heterocycles. The minimum absolute atomic E-state index is 0.370. The van der Waals surface area contributed by atoms with Gasteiger partial charge in [-0.2, -0.15) is 0 Å². The zero-order valence-electron chi connectivity index (χ0n) is 13.9. The predicted octanol–water partition coefficient (Wildman–Crippen LogP) is 3.52. The highest BCUT2D eigenvalue weighted by Crippen LogP contribution is 2.42. The number of piperazine rings is 1. The van der Waals surface area contributed by atoms with Crippen molar-refractivity contribution >= 4 is 0 Å². The highest BCUT2D eigenvalue weighted by molar-refractivity contribution is 5.02.